The van der Waals surface area contributed by atoms with E-state index >= 15 is 0 Å². The molecule has 1 amide bonds. The summed E-state index contributed by atoms with van der Waals surface area (Å²) >= 11 is 1.43. The largest absolute Gasteiger partial charge is 0.497 e. The number of nitrogens with one attached hydrogen (secondary N) is 2. The number of aromatic nitrogens is 2. The van der Waals surface area contributed by atoms with Crippen LogP contribution in [0.2, 0.25) is 0 Å². The molecule has 1 aromatic carbocycles. The molecule has 7 heteroatoms. The van der Waals surface area contributed by atoms with Gasteiger partial charge in [-0.05, 0) is 36.5 Å². The second-order valence-electron chi connectivity index (χ2n) is 7.17. The molecule has 1 saturated carbocycles. The van der Waals surface area contributed by atoms with Crippen LogP contribution in [-0.4, -0.2) is 29.5 Å². The fourth-order valence-corrected chi connectivity index (χ4v) is 4.27. The third-order valence-electron chi connectivity index (χ3n) is 4.94. The van der Waals surface area contributed by atoms with Gasteiger partial charge in [-0.1, -0.05) is 43.2 Å². The van der Waals surface area contributed by atoms with E-state index in [1.807, 2.05) is 24.3 Å². The van der Waals surface area contributed by atoms with Gasteiger partial charge < -0.3 is 15.0 Å². The number of nitrogens with zero attached hydrogens (tertiary/aromatic N) is 1. The van der Waals surface area contributed by atoms with Gasteiger partial charge in [0.15, 0.2) is 5.16 Å². The number of ether oxygens (including phenoxy) is 1. The van der Waals surface area contributed by atoms with E-state index in [1.165, 1.54) is 49.9 Å². The van der Waals surface area contributed by atoms with Crippen LogP contribution in [0.3, 0.4) is 0 Å². The van der Waals surface area contributed by atoms with Crippen LogP contribution >= 0.6 is 11.8 Å². The fraction of sp³-hybridized carbons (Fsp3) is 0.476. The van der Waals surface area contributed by atoms with Gasteiger partial charge >= 0.3 is 0 Å². The molecule has 3 rings (SSSR count). The lowest BCUT2D eigenvalue weighted by Crippen LogP contribution is -2.31. The molecule has 1 aliphatic rings. The maximum Gasteiger partial charge on any atom is 0.251 e. The lowest BCUT2D eigenvalue weighted by Gasteiger charge is -2.21. The summed E-state index contributed by atoms with van der Waals surface area (Å²) in [4.78, 5) is 31.4. The molecule has 0 radical (unpaired) electrons. The quantitative estimate of drug-likeness (QED) is 0.524. The highest BCUT2D eigenvalue weighted by Gasteiger charge is 2.15. The number of hydrogen-bond acceptors (Lipinski definition) is 5. The molecule has 1 aliphatic carbocycles. The van der Waals surface area contributed by atoms with E-state index in [0.717, 1.165) is 17.9 Å². The van der Waals surface area contributed by atoms with E-state index < -0.39 is 0 Å². The van der Waals surface area contributed by atoms with E-state index in [2.05, 4.69) is 15.3 Å². The first-order valence-corrected chi connectivity index (χ1v) is 10.7. The summed E-state index contributed by atoms with van der Waals surface area (Å²) in [7, 11) is 1.63. The Labute approximate surface area is 169 Å². The molecule has 6 nitrogen and oxygen atoms in total. The van der Waals surface area contributed by atoms with Crippen molar-refractivity contribution in [1.82, 2.24) is 15.3 Å². The Bertz CT molecular complexity index is 847. The van der Waals surface area contributed by atoms with Gasteiger partial charge in [-0.2, -0.15) is 0 Å². The zero-order valence-corrected chi connectivity index (χ0v) is 17.0. The van der Waals surface area contributed by atoms with Crippen molar-refractivity contribution in [1.29, 1.82) is 0 Å². The molecule has 0 aliphatic heterocycles. The number of H-pyrrole nitrogens is 1. The van der Waals surface area contributed by atoms with Crippen molar-refractivity contribution in [3.8, 4) is 5.75 Å². The third-order valence-corrected chi connectivity index (χ3v) is 5.88. The van der Waals surface area contributed by atoms with E-state index in [4.69, 9.17) is 4.74 Å². The van der Waals surface area contributed by atoms with Crippen molar-refractivity contribution in [2.45, 2.75) is 49.4 Å². The van der Waals surface area contributed by atoms with Crippen LogP contribution in [0.4, 0.5) is 0 Å². The first-order valence-electron chi connectivity index (χ1n) is 9.75. The summed E-state index contributed by atoms with van der Waals surface area (Å²) in [5.74, 6) is 1.95. The zero-order chi connectivity index (χ0) is 19.8. The van der Waals surface area contributed by atoms with Crippen molar-refractivity contribution in [2.24, 2.45) is 5.92 Å². The molecule has 0 saturated heterocycles. The Kier molecular flexibility index (Phi) is 7.54. The van der Waals surface area contributed by atoms with Crippen LogP contribution in [0.15, 0.2) is 40.3 Å². The van der Waals surface area contributed by atoms with Gasteiger partial charge in [0.25, 0.3) is 5.56 Å². The Morgan fingerprint density at radius 3 is 2.89 bits per heavy atom. The summed E-state index contributed by atoms with van der Waals surface area (Å²) in [6.07, 6.45) is 6.32. The number of thioether (sulfide) groups is 1. The number of aromatic amines is 1. The summed E-state index contributed by atoms with van der Waals surface area (Å²) < 4.78 is 5.23. The number of amides is 1. The molecule has 28 heavy (non-hydrogen) atoms. The third kappa shape index (κ3) is 6.41. The zero-order valence-electron chi connectivity index (χ0n) is 16.2. The van der Waals surface area contributed by atoms with Gasteiger partial charge in [0, 0.05) is 18.4 Å². The average Bonchev–Trinajstić information content (AvgIpc) is 2.71. The van der Waals surface area contributed by atoms with Crippen LogP contribution in [0.1, 0.15) is 43.4 Å². The Hall–Kier alpha value is -2.28. The first-order chi connectivity index (χ1) is 13.6. The maximum atomic E-state index is 12.2. The van der Waals surface area contributed by atoms with E-state index in [1.54, 1.807) is 7.11 Å². The molecule has 0 atom stereocenters. The predicted octanol–water partition coefficient (Wildman–Crippen LogP) is 3.31. The van der Waals surface area contributed by atoms with E-state index in [-0.39, 0.29) is 17.9 Å². The van der Waals surface area contributed by atoms with Gasteiger partial charge in [-0.15, -0.1) is 0 Å². The number of benzene rings is 1. The van der Waals surface area contributed by atoms with Gasteiger partial charge in [0.1, 0.15) is 5.75 Å². The summed E-state index contributed by atoms with van der Waals surface area (Å²) in [5, 5.41) is 3.52. The molecule has 1 heterocycles. The highest BCUT2D eigenvalue weighted by molar-refractivity contribution is 7.98. The SMILES string of the molecule is COc1cccc(CSc2nc(CC(=O)NCC3CCCCC3)cc(=O)[nH]2)c1. The molecule has 150 valence electrons. The smallest absolute Gasteiger partial charge is 0.251 e. The van der Waals surface area contributed by atoms with Crippen molar-refractivity contribution < 1.29 is 9.53 Å². The van der Waals surface area contributed by atoms with Crippen LogP contribution in [-0.2, 0) is 17.0 Å². The lowest BCUT2D eigenvalue weighted by molar-refractivity contribution is -0.120. The van der Waals surface area contributed by atoms with Crippen LogP contribution < -0.4 is 15.6 Å². The lowest BCUT2D eigenvalue weighted by atomic mass is 9.89. The van der Waals surface area contributed by atoms with Crippen molar-refractivity contribution in [2.75, 3.05) is 13.7 Å². The minimum atomic E-state index is -0.238. The number of rotatable bonds is 8. The fourth-order valence-electron chi connectivity index (χ4n) is 3.43. The van der Waals surface area contributed by atoms with Crippen LogP contribution in [0.5, 0.6) is 5.75 Å². The van der Waals surface area contributed by atoms with Crippen LogP contribution in [0.25, 0.3) is 0 Å². The summed E-state index contributed by atoms with van der Waals surface area (Å²) in [6.45, 7) is 0.722. The number of hydrogen-bond donors (Lipinski definition) is 2. The molecule has 0 unspecified atom stereocenters. The maximum absolute atomic E-state index is 12.2. The minimum absolute atomic E-state index is 0.0765. The molecule has 2 aromatic rings. The molecule has 1 fully saturated rings. The first kappa shape index (κ1) is 20.5. The van der Waals surface area contributed by atoms with Crippen molar-refractivity contribution in [3.63, 3.8) is 0 Å². The highest BCUT2D eigenvalue weighted by Crippen LogP contribution is 2.23. The van der Waals surface area contributed by atoms with Crippen LogP contribution in [0, 0.1) is 5.92 Å². The van der Waals surface area contributed by atoms with Gasteiger partial charge in [0.05, 0.1) is 19.2 Å². The normalized spacial score (nSPS) is 14.6. The monoisotopic (exact) mass is 401 g/mol. The summed E-state index contributed by atoms with van der Waals surface area (Å²) in [5.41, 5.74) is 1.33. The Balaban J connectivity index is 1.54. The van der Waals surface area contributed by atoms with Crippen molar-refractivity contribution >= 4 is 17.7 Å². The molecular weight excluding hydrogens is 374 g/mol. The van der Waals surface area contributed by atoms with Crippen molar-refractivity contribution in [3.05, 3.63) is 51.9 Å². The standard InChI is InChI=1S/C21H27N3O3S/c1-27-18-9-5-8-16(10-18)14-28-21-23-17(12-20(26)24-21)11-19(25)22-13-15-6-3-2-4-7-15/h5,8-10,12,15H,2-4,6-7,11,13-14H2,1H3,(H,22,25)(H,23,24,26). The number of carbonyl (C=O) groups is 1. The molecular formula is C21H27N3O3S. The van der Waals surface area contributed by atoms with E-state index in [9.17, 15) is 9.59 Å². The number of methoxy groups -OCH3 is 1. The summed E-state index contributed by atoms with van der Waals surface area (Å²) in [6, 6.07) is 9.17. The molecule has 0 spiro atoms. The molecule has 2 N–H and O–H groups in total. The highest BCUT2D eigenvalue weighted by atomic mass is 32.2. The van der Waals surface area contributed by atoms with Gasteiger partial charge in [0.2, 0.25) is 5.91 Å². The Morgan fingerprint density at radius 2 is 2.11 bits per heavy atom. The Morgan fingerprint density at radius 1 is 1.29 bits per heavy atom. The van der Waals surface area contributed by atoms with Gasteiger partial charge in [-0.3, -0.25) is 9.59 Å². The second kappa shape index (κ2) is 10.3. The topological polar surface area (TPSA) is 84.1 Å². The molecule has 1 aromatic heterocycles. The average molecular weight is 402 g/mol. The predicted molar refractivity (Wildman–Crippen MR) is 111 cm³/mol. The molecule has 0 bridgehead atoms. The van der Waals surface area contributed by atoms with E-state index in [0.29, 0.717) is 22.5 Å². The second-order valence-corrected chi connectivity index (χ2v) is 8.13. The number of carbonyl (C=O) groups excluding carboxylic acids is 1. The van der Waals surface area contributed by atoms with Gasteiger partial charge in [-0.25, -0.2) is 4.98 Å². The minimum Gasteiger partial charge on any atom is -0.497 e.